The van der Waals surface area contributed by atoms with Crippen LogP contribution in [0.15, 0.2) is 24.5 Å². The number of amides is 2. The summed E-state index contributed by atoms with van der Waals surface area (Å²) < 4.78 is 31.9. The minimum absolute atomic E-state index is 0.0282. The van der Waals surface area contributed by atoms with E-state index >= 15 is 0 Å². The molecule has 3 rings (SSSR count). The van der Waals surface area contributed by atoms with Gasteiger partial charge in [0.25, 0.3) is 5.91 Å². The zero-order valence-corrected chi connectivity index (χ0v) is 16.1. The number of anilines is 3. The number of hydrogen-bond acceptors (Lipinski definition) is 10. The number of methoxy groups -OCH3 is 2. The normalized spacial score (nSPS) is 12.2. The van der Waals surface area contributed by atoms with Gasteiger partial charge in [-0.3, -0.25) is 10.1 Å². The molecule has 0 saturated heterocycles. The van der Waals surface area contributed by atoms with Gasteiger partial charge in [-0.1, -0.05) is 0 Å². The number of rotatable bonds is 6. The molecule has 3 aromatic heterocycles. The molecule has 0 spiro atoms. The van der Waals surface area contributed by atoms with E-state index in [0.29, 0.717) is 5.56 Å². The molecule has 2 amide bonds. The summed E-state index contributed by atoms with van der Waals surface area (Å²) in [4.78, 5) is 33.6. The van der Waals surface area contributed by atoms with E-state index in [1.165, 1.54) is 31.3 Å². The second-order valence-electron chi connectivity index (χ2n) is 5.65. The van der Waals surface area contributed by atoms with Crippen LogP contribution in [-0.2, 0) is 11.8 Å². The lowest BCUT2D eigenvalue weighted by Gasteiger charge is -2.15. The van der Waals surface area contributed by atoms with Crippen molar-refractivity contribution >= 4 is 29.3 Å². The third-order valence-electron chi connectivity index (χ3n) is 3.79. The second kappa shape index (κ2) is 8.81. The van der Waals surface area contributed by atoms with Crippen LogP contribution in [0.5, 0.6) is 5.75 Å². The Morgan fingerprint density at radius 2 is 2.10 bits per heavy atom. The van der Waals surface area contributed by atoms with Crippen molar-refractivity contribution in [2.75, 3.05) is 31.8 Å². The Balaban J connectivity index is 2.06. The molecule has 3 N–H and O–H groups in total. The molecule has 13 heteroatoms. The van der Waals surface area contributed by atoms with E-state index in [1.54, 1.807) is 13.1 Å². The molecule has 0 saturated carbocycles. The third kappa shape index (κ3) is 4.24. The molecule has 3 aromatic rings. The molecular weight excluding hydrogens is 394 g/mol. The highest BCUT2D eigenvalue weighted by atomic mass is 16.5. The smallest absolute Gasteiger partial charge is 0.412 e. The molecule has 0 radical (unpaired) electrons. The SMILES string of the molecule is [2H]C([2H])([2H])NC(=O)c1cnc(NC(=O)OC)cc1Nc1nccc(-c2nnn(C)n2)c1OC. The van der Waals surface area contributed by atoms with Gasteiger partial charge in [0.15, 0.2) is 11.6 Å². The van der Waals surface area contributed by atoms with Gasteiger partial charge in [0.05, 0.1) is 38.1 Å². The number of ether oxygens (including phenoxy) is 2. The lowest BCUT2D eigenvalue weighted by molar-refractivity contribution is 0.0963. The van der Waals surface area contributed by atoms with E-state index in [2.05, 4.69) is 40.7 Å². The van der Waals surface area contributed by atoms with E-state index in [1.807, 2.05) is 5.32 Å². The van der Waals surface area contributed by atoms with Gasteiger partial charge in [0, 0.05) is 29.5 Å². The van der Waals surface area contributed by atoms with Crippen LogP contribution in [0.1, 0.15) is 14.5 Å². The quantitative estimate of drug-likeness (QED) is 0.528. The predicted molar refractivity (Wildman–Crippen MR) is 106 cm³/mol. The molecule has 30 heavy (non-hydrogen) atoms. The van der Waals surface area contributed by atoms with Crippen LogP contribution >= 0.6 is 0 Å². The first kappa shape index (κ1) is 16.6. The first-order chi connectivity index (χ1) is 15.6. The zero-order valence-electron chi connectivity index (χ0n) is 19.1. The molecule has 13 nitrogen and oxygen atoms in total. The molecule has 3 heterocycles. The molecule has 0 aliphatic rings. The molecule has 0 bridgehead atoms. The van der Waals surface area contributed by atoms with Crippen LogP contribution in [0, 0.1) is 0 Å². The first-order valence-corrected chi connectivity index (χ1v) is 8.33. The number of carbonyl (C=O) groups excluding carboxylic acids is 2. The highest BCUT2D eigenvalue weighted by molar-refractivity contribution is 6.01. The van der Waals surface area contributed by atoms with Gasteiger partial charge in [-0.25, -0.2) is 14.8 Å². The summed E-state index contributed by atoms with van der Waals surface area (Å²) in [6, 6.07) is 2.92. The maximum Gasteiger partial charge on any atom is 0.412 e. The largest absolute Gasteiger partial charge is 0.492 e. The van der Waals surface area contributed by atoms with Gasteiger partial charge in [-0.05, 0) is 11.3 Å². The fourth-order valence-electron chi connectivity index (χ4n) is 2.47. The van der Waals surface area contributed by atoms with Crippen molar-refractivity contribution in [2.24, 2.45) is 7.05 Å². The van der Waals surface area contributed by atoms with Crippen molar-refractivity contribution in [3.05, 3.63) is 30.1 Å². The van der Waals surface area contributed by atoms with E-state index in [9.17, 15) is 9.59 Å². The van der Waals surface area contributed by atoms with E-state index in [0.717, 1.165) is 6.20 Å². The lowest BCUT2D eigenvalue weighted by atomic mass is 10.2. The molecule has 156 valence electrons. The number of nitrogens with zero attached hydrogens (tertiary/aromatic N) is 6. The number of carbonyl (C=O) groups is 2. The van der Waals surface area contributed by atoms with E-state index < -0.39 is 19.0 Å². The number of aryl methyl sites for hydroxylation is 1. The zero-order chi connectivity index (χ0) is 24.2. The number of tetrazole rings is 1. The second-order valence-corrected chi connectivity index (χ2v) is 5.65. The average Bonchev–Trinajstić information content (AvgIpc) is 3.18. The molecule has 0 aromatic carbocycles. The van der Waals surface area contributed by atoms with Crippen molar-refractivity contribution in [3.8, 4) is 17.1 Å². The molecule has 0 aliphatic heterocycles. The fourth-order valence-corrected chi connectivity index (χ4v) is 2.47. The van der Waals surface area contributed by atoms with E-state index in [-0.39, 0.29) is 34.5 Å². The number of pyridine rings is 2. The van der Waals surface area contributed by atoms with Gasteiger partial charge in [0.1, 0.15) is 5.82 Å². The van der Waals surface area contributed by atoms with Crippen LogP contribution in [0.2, 0.25) is 0 Å². The Labute approximate surface area is 175 Å². The van der Waals surface area contributed by atoms with Crippen molar-refractivity contribution in [2.45, 2.75) is 0 Å². The van der Waals surface area contributed by atoms with Gasteiger partial charge in [-0.2, -0.15) is 4.80 Å². The van der Waals surface area contributed by atoms with Crippen molar-refractivity contribution < 1.29 is 23.2 Å². The molecular formula is C17H19N9O4. The minimum atomic E-state index is -2.73. The molecule has 0 fully saturated rings. The third-order valence-corrected chi connectivity index (χ3v) is 3.79. The fraction of sp³-hybridized carbons (Fsp3) is 0.235. The Morgan fingerprint density at radius 3 is 2.77 bits per heavy atom. The summed E-state index contributed by atoms with van der Waals surface area (Å²) in [6.45, 7) is -2.73. The lowest BCUT2D eigenvalue weighted by Crippen LogP contribution is -2.20. The summed E-state index contributed by atoms with van der Waals surface area (Å²) in [6.07, 6.45) is 1.75. The molecule has 0 atom stereocenters. The van der Waals surface area contributed by atoms with Gasteiger partial charge in [-0.15, -0.1) is 10.2 Å². The summed E-state index contributed by atoms with van der Waals surface area (Å²) in [7, 11) is 4.18. The summed E-state index contributed by atoms with van der Waals surface area (Å²) >= 11 is 0. The molecule has 0 unspecified atom stereocenters. The highest BCUT2D eigenvalue weighted by Gasteiger charge is 2.19. The average molecular weight is 416 g/mol. The van der Waals surface area contributed by atoms with Gasteiger partial charge < -0.3 is 20.1 Å². The predicted octanol–water partition coefficient (Wildman–Crippen LogP) is 0.957. The standard InChI is InChI=1S/C17H19N9O4/c1-18-16(27)10-8-20-12(22-17(28)30-4)7-11(10)21-15-13(29-3)9(5-6-19-15)14-23-25-26(2)24-14/h5-8H,1-4H3,(H,18,27)(H2,19,20,21,22,28)/i1D3. The van der Waals surface area contributed by atoms with Gasteiger partial charge >= 0.3 is 6.09 Å². The van der Waals surface area contributed by atoms with Crippen LogP contribution in [0.3, 0.4) is 0 Å². The maximum absolute atomic E-state index is 12.6. The number of nitrogens with one attached hydrogen (secondary N) is 3. The van der Waals surface area contributed by atoms with Crippen LogP contribution < -0.4 is 20.7 Å². The van der Waals surface area contributed by atoms with Crippen LogP contribution in [0.4, 0.5) is 22.1 Å². The van der Waals surface area contributed by atoms with Crippen LogP contribution in [0.25, 0.3) is 11.4 Å². The maximum atomic E-state index is 12.6. The minimum Gasteiger partial charge on any atom is -0.492 e. The Hall–Kier alpha value is -4.29. The molecule has 0 aliphatic carbocycles. The Morgan fingerprint density at radius 1 is 1.27 bits per heavy atom. The summed E-state index contributed by atoms with van der Waals surface area (Å²) in [5.74, 6) is -0.253. The topological polar surface area (TPSA) is 158 Å². The van der Waals surface area contributed by atoms with Crippen molar-refractivity contribution in [3.63, 3.8) is 0 Å². The monoisotopic (exact) mass is 416 g/mol. The number of hydrogen-bond donors (Lipinski definition) is 3. The highest BCUT2D eigenvalue weighted by Crippen LogP contribution is 2.35. The number of aromatic nitrogens is 6. The Bertz CT molecular complexity index is 1180. The van der Waals surface area contributed by atoms with Crippen molar-refractivity contribution in [1.82, 2.24) is 35.5 Å². The first-order valence-electron chi connectivity index (χ1n) is 9.83. The van der Waals surface area contributed by atoms with E-state index in [4.69, 9.17) is 8.85 Å². The van der Waals surface area contributed by atoms with Crippen molar-refractivity contribution in [1.29, 1.82) is 0 Å². The summed E-state index contributed by atoms with van der Waals surface area (Å²) in [5, 5.41) is 19.1. The summed E-state index contributed by atoms with van der Waals surface area (Å²) in [5.41, 5.74) is 0.403. The Kier molecular flexibility index (Phi) is 4.89. The van der Waals surface area contributed by atoms with Crippen LogP contribution in [-0.4, -0.2) is 63.4 Å². The van der Waals surface area contributed by atoms with Gasteiger partial charge in [0.2, 0.25) is 5.82 Å².